The minimum atomic E-state index is 0.253. The van der Waals surface area contributed by atoms with Gasteiger partial charge in [-0.25, -0.2) is 0 Å². The summed E-state index contributed by atoms with van der Waals surface area (Å²) < 4.78 is 2.09. The number of hydrogen-bond donors (Lipinski definition) is 1. The molecule has 24 heavy (non-hydrogen) atoms. The Hall–Kier alpha value is -2.42. The van der Waals surface area contributed by atoms with Gasteiger partial charge in [-0.2, -0.15) is 0 Å². The van der Waals surface area contributed by atoms with Crippen LogP contribution in [0.1, 0.15) is 0 Å². The highest BCUT2D eigenvalue weighted by atomic mass is 35.5. The molecule has 0 saturated heterocycles. The number of nitrogens with zero attached hydrogens (tertiary/aromatic N) is 1. The molecule has 0 aliphatic rings. The first-order chi connectivity index (χ1) is 11.6. The van der Waals surface area contributed by atoms with E-state index in [9.17, 15) is 5.11 Å². The van der Waals surface area contributed by atoms with Crippen molar-refractivity contribution < 1.29 is 5.11 Å². The lowest BCUT2D eigenvalue weighted by molar-refractivity contribution is 0.481. The van der Waals surface area contributed by atoms with E-state index in [-0.39, 0.29) is 5.75 Å². The van der Waals surface area contributed by atoms with E-state index in [2.05, 4.69) is 4.57 Å². The number of benzene rings is 3. The summed E-state index contributed by atoms with van der Waals surface area (Å²) >= 11 is 12.2. The average molecular weight is 354 g/mol. The van der Waals surface area contributed by atoms with Gasteiger partial charge in [-0.3, -0.25) is 0 Å². The van der Waals surface area contributed by atoms with Crippen molar-refractivity contribution in [1.29, 1.82) is 0 Å². The van der Waals surface area contributed by atoms with Gasteiger partial charge in [0.25, 0.3) is 0 Å². The molecule has 1 aromatic heterocycles. The molecular weight excluding hydrogens is 341 g/mol. The molecule has 118 valence electrons. The van der Waals surface area contributed by atoms with Gasteiger partial charge >= 0.3 is 0 Å². The number of phenolic OH excluding ortho intramolecular Hbond substituents is 1. The molecule has 4 aromatic rings. The van der Waals surface area contributed by atoms with Crippen molar-refractivity contribution in [2.75, 3.05) is 0 Å². The minimum absolute atomic E-state index is 0.253. The first kappa shape index (κ1) is 15.1. The summed E-state index contributed by atoms with van der Waals surface area (Å²) in [6, 6.07) is 22.8. The number of phenols is 1. The van der Waals surface area contributed by atoms with Crippen LogP contribution in [0.4, 0.5) is 0 Å². The van der Waals surface area contributed by atoms with E-state index in [1.54, 1.807) is 6.07 Å². The monoisotopic (exact) mass is 353 g/mol. The second kappa shape index (κ2) is 5.90. The Morgan fingerprint density at radius 1 is 0.750 bits per heavy atom. The van der Waals surface area contributed by atoms with E-state index in [0.717, 1.165) is 27.8 Å². The Morgan fingerprint density at radius 3 is 2.25 bits per heavy atom. The number of aromatic hydroxyl groups is 1. The first-order valence-electron chi connectivity index (χ1n) is 7.49. The van der Waals surface area contributed by atoms with Crippen molar-refractivity contribution in [3.05, 3.63) is 82.8 Å². The van der Waals surface area contributed by atoms with Crippen LogP contribution >= 0.6 is 23.2 Å². The lowest BCUT2D eigenvalue weighted by atomic mass is 10.1. The molecule has 4 heteroatoms. The predicted molar refractivity (Wildman–Crippen MR) is 100 cm³/mol. The van der Waals surface area contributed by atoms with Crippen molar-refractivity contribution in [1.82, 2.24) is 4.57 Å². The fraction of sp³-hybridized carbons (Fsp3) is 0. The Balaban J connectivity index is 2.07. The third-order valence-electron chi connectivity index (χ3n) is 4.03. The molecule has 0 spiro atoms. The largest absolute Gasteiger partial charge is 0.507 e. The van der Waals surface area contributed by atoms with Crippen LogP contribution in [0.25, 0.3) is 27.8 Å². The van der Waals surface area contributed by atoms with E-state index in [4.69, 9.17) is 23.2 Å². The number of hydrogen-bond acceptors (Lipinski definition) is 1. The van der Waals surface area contributed by atoms with Gasteiger partial charge in [0, 0.05) is 21.1 Å². The molecule has 4 rings (SSSR count). The number of halogens is 2. The second-order valence-corrected chi connectivity index (χ2v) is 6.43. The molecular formula is C20H13Cl2NO. The van der Waals surface area contributed by atoms with Crippen molar-refractivity contribution in [3.63, 3.8) is 0 Å². The summed E-state index contributed by atoms with van der Waals surface area (Å²) in [4.78, 5) is 0. The molecule has 0 amide bonds. The smallest absolute Gasteiger partial charge is 0.124 e. The van der Waals surface area contributed by atoms with E-state index in [0.29, 0.717) is 10.0 Å². The Bertz CT molecular complexity index is 1040. The van der Waals surface area contributed by atoms with Gasteiger partial charge in [-0.1, -0.05) is 47.5 Å². The third kappa shape index (κ3) is 2.54. The average Bonchev–Trinajstić information content (AvgIpc) is 2.96. The summed E-state index contributed by atoms with van der Waals surface area (Å²) in [6.07, 6.45) is 0. The van der Waals surface area contributed by atoms with Gasteiger partial charge in [0.1, 0.15) is 5.75 Å². The van der Waals surface area contributed by atoms with E-state index in [1.807, 2.05) is 66.7 Å². The summed E-state index contributed by atoms with van der Waals surface area (Å²) in [7, 11) is 0. The normalized spacial score (nSPS) is 11.1. The molecule has 0 saturated carbocycles. The highest BCUT2D eigenvalue weighted by molar-refractivity contribution is 6.31. The van der Waals surface area contributed by atoms with Gasteiger partial charge in [0.05, 0.1) is 11.2 Å². The summed E-state index contributed by atoms with van der Waals surface area (Å²) in [5.74, 6) is 0.253. The molecule has 0 unspecified atom stereocenters. The molecule has 0 fully saturated rings. The Morgan fingerprint density at radius 2 is 1.50 bits per heavy atom. The van der Waals surface area contributed by atoms with Crippen LogP contribution in [-0.2, 0) is 0 Å². The molecule has 0 aliphatic heterocycles. The van der Waals surface area contributed by atoms with Crippen molar-refractivity contribution >= 4 is 34.1 Å². The molecule has 0 atom stereocenters. The van der Waals surface area contributed by atoms with E-state index in [1.165, 1.54) is 0 Å². The van der Waals surface area contributed by atoms with Crippen LogP contribution in [0, 0.1) is 0 Å². The van der Waals surface area contributed by atoms with Gasteiger partial charge in [0.15, 0.2) is 0 Å². The maximum absolute atomic E-state index is 10.2. The fourth-order valence-electron chi connectivity index (χ4n) is 2.94. The van der Waals surface area contributed by atoms with Crippen LogP contribution in [0.15, 0.2) is 72.8 Å². The molecule has 1 heterocycles. The SMILES string of the molecule is Oc1cccc2c1cc(-c1ccc(Cl)cc1)n2-c1cccc(Cl)c1. The van der Waals surface area contributed by atoms with Crippen molar-refractivity contribution in [3.8, 4) is 22.7 Å². The fourth-order valence-corrected chi connectivity index (χ4v) is 3.25. The third-order valence-corrected chi connectivity index (χ3v) is 4.52. The summed E-state index contributed by atoms with van der Waals surface area (Å²) in [5, 5.41) is 12.4. The predicted octanol–water partition coefficient (Wildman–Crippen LogP) is 6.31. The molecule has 0 bridgehead atoms. The van der Waals surface area contributed by atoms with Crippen LogP contribution < -0.4 is 0 Å². The van der Waals surface area contributed by atoms with Crippen LogP contribution in [0.2, 0.25) is 10.0 Å². The van der Waals surface area contributed by atoms with Gasteiger partial charge in [-0.05, 0) is 54.1 Å². The van der Waals surface area contributed by atoms with Gasteiger partial charge in [-0.15, -0.1) is 0 Å². The molecule has 0 aliphatic carbocycles. The van der Waals surface area contributed by atoms with Gasteiger partial charge in [0.2, 0.25) is 0 Å². The summed E-state index contributed by atoms with van der Waals surface area (Å²) in [5.41, 5.74) is 3.83. The van der Waals surface area contributed by atoms with Gasteiger partial charge < -0.3 is 9.67 Å². The molecule has 2 nitrogen and oxygen atoms in total. The number of fused-ring (bicyclic) bond motifs is 1. The Kier molecular flexibility index (Phi) is 3.72. The standard InChI is InChI=1S/C20H13Cl2NO/c21-14-9-7-13(8-10-14)19-12-17-18(5-2-6-20(17)24)23(19)16-4-1-3-15(22)11-16/h1-12,24H. The Labute approximate surface area is 149 Å². The number of rotatable bonds is 2. The quantitative estimate of drug-likeness (QED) is 0.448. The zero-order valence-electron chi connectivity index (χ0n) is 12.6. The lowest BCUT2D eigenvalue weighted by Gasteiger charge is -2.12. The minimum Gasteiger partial charge on any atom is -0.507 e. The van der Waals surface area contributed by atoms with Crippen LogP contribution in [-0.4, -0.2) is 9.67 Å². The van der Waals surface area contributed by atoms with Crippen LogP contribution in [0.5, 0.6) is 5.75 Å². The first-order valence-corrected chi connectivity index (χ1v) is 8.24. The molecule has 0 radical (unpaired) electrons. The lowest BCUT2D eigenvalue weighted by Crippen LogP contribution is -1.96. The van der Waals surface area contributed by atoms with Crippen molar-refractivity contribution in [2.24, 2.45) is 0 Å². The van der Waals surface area contributed by atoms with Crippen molar-refractivity contribution in [2.45, 2.75) is 0 Å². The summed E-state index contributed by atoms with van der Waals surface area (Å²) in [6.45, 7) is 0. The zero-order valence-corrected chi connectivity index (χ0v) is 14.1. The van der Waals surface area contributed by atoms with E-state index < -0.39 is 0 Å². The maximum Gasteiger partial charge on any atom is 0.124 e. The highest BCUT2D eigenvalue weighted by Gasteiger charge is 2.14. The zero-order chi connectivity index (χ0) is 16.7. The molecule has 1 N–H and O–H groups in total. The topological polar surface area (TPSA) is 25.2 Å². The molecule has 3 aromatic carbocycles. The van der Waals surface area contributed by atoms with E-state index >= 15 is 0 Å². The highest BCUT2D eigenvalue weighted by Crippen LogP contribution is 2.36. The second-order valence-electron chi connectivity index (χ2n) is 5.56. The van der Waals surface area contributed by atoms with Crippen LogP contribution in [0.3, 0.4) is 0 Å². The maximum atomic E-state index is 10.2. The number of aromatic nitrogens is 1.